The highest BCUT2D eigenvalue weighted by Gasteiger charge is 2.37. The maximum Gasteiger partial charge on any atom is 0.119 e. The van der Waals surface area contributed by atoms with E-state index in [1.54, 1.807) is 0 Å². The van der Waals surface area contributed by atoms with Gasteiger partial charge in [0, 0.05) is 16.6 Å². The third-order valence-corrected chi connectivity index (χ3v) is 5.40. The van der Waals surface area contributed by atoms with Gasteiger partial charge in [-0.2, -0.15) is 0 Å². The van der Waals surface area contributed by atoms with Crippen LogP contribution in [0.4, 0.5) is 5.69 Å². The fraction of sp³-hybridized carbons (Fsp3) is 0.364. The van der Waals surface area contributed by atoms with Gasteiger partial charge in [-0.3, -0.25) is 0 Å². The third kappa shape index (κ3) is 3.28. The molecule has 0 spiro atoms. The molecule has 0 radical (unpaired) electrons. The van der Waals surface area contributed by atoms with E-state index in [0.29, 0.717) is 23.8 Å². The maximum atomic E-state index is 6.07. The van der Waals surface area contributed by atoms with Crippen LogP contribution in [0.1, 0.15) is 43.4 Å². The number of hydrogen-bond acceptors (Lipinski definition) is 2. The first-order valence-electron chi connectivity index (χ1n) is 9.07. The highest BCUT2D eigenvalue weighted by Crippen LogP contribution is 2.50. The molecule has 2 nitrogen and oxygen atoms in total. The normalized spacial score (nSPS) is 23.9. The van der Waals surface area contributed by atoms with Crippen molar-refractivity contribution in [3.63, 3.8) is 0 Å². The van der Waals surface area contributed by atoms with Gasteiger partial charge in [0.15, 0.2) is 0 Å². The minimum absolute atomic E-state index is 0.312. The molecule has 1 aliphatic heterocycles. The number of ether oxygens (including phenoxy) is 1. The molecule has 3 unspecified atom stereocenters. The topological polar surface area (TPSA) is 21.3 Å². The molecule has 0 fully saturated rings. The lowest BCUT2D eigenvalue weighted by Crippen LogP contribution is -2.29. The molecule has 1 heterocycles. The first-order valence-corrected chi connectivity index (χ1v) is 9.45. The van der Waals surface area contributed by atoms with Gasteiger partial charge in [-0.25, -0.2) is 0 Å². The van der Waals surface area contributed by atoms with Crippen LogP contribution in [-0.4, -0.2) is 6.61 Å². The van der Waals surface area contributed by atoms with Gasteiger partial charge in [-0.15, -0.1) is 0 Å². The van der Waals surface area contributed by atoms with E-state index in [1.165, 1.54) is 16.8 Å². The van der Waals surface area contributed by atoms with E-state index in [2.05, 4.69) is 61.6 Å². The fourth-order valence-electron chi connectivity index (χ4n) is 3.93. The van der Waals surface area contributed by atoms with Gasteiger partial charge < -0.3 is 10.1 Å². The zero-order valence-corrected chi connectivity index (χ0v) is 15.5. The summed E-state index contributed by atoms with van der Waals surface area (Å²) < 4.78 is 5.94. The van der Waals surface area contributed by atoms with Crippen LogP contribution in [0.15, 0.2) is 54.6 Å². The summed E-state index contributed by atoms with van der Waals surface area (Å²) in [5, 5.41) is 4.54. The number of benzene rings is 2. The van der Waals surface area contributed by atoms with Gasteiger partial charge in [0.1, 0.15) is 5.75 Å². The monoisotopic (exact) mass is 353 g/mol. The number of anilines is 1. The lowest BCUT2D eigenvalue weighted by Gasteiger charge is -2.37. The average Bonchev–Trinajstić information content (AvgIpc) is 3.10. The molecule has 2 aromatic rings. The zero-order valence-electron chi connectivity index (χ0n) is 14.7. The van der Waals surface area contributed by atoms with E-state index in [4.69, 9.17) is 16.3 Å². The molecule has 0 saturated carbocycles. The van der Waals surface area contributed by atoms with E-state index in [0.717, 1.165) is 23.8 Å². The van der Waals surface area contributed by atoms with Crippen molar-refractivity contribution in [1.29, 1.82) is 0 Å². The number of halogens is 1. The molecule has 0 saturated heterocycles. The Morgan fingerprint density at radius 3 is 2.72 bits per heavy atom. The highest BCUT2D eigenvalue weighted by molar-refractivity contribution is 6.30. The second-order valence-corrected chi connectivity index (χ2v) is 7.92. The molecular formula is C22H24ClNO. The molecule has 4 rings (SSSR count). The van der Waals surface area contributed by atoms with Crippen LogP contribution in [0.25, 0.3) is 0 Å². The Bertz CT molecular complexity index is 781. The minimum atomic E-state index is 0.312. The van der Waals surface area contributed by atoms with E-state index in [9.17, 15) is 0 Å². The second-order valence-electron chi connectivity index (χ2n) is 7.48. The van der Waals surface area contributed by atoms with Crippen LogP contribution in [0.3, 0.4) is 0 Å². The van der Waals surface area contributed by atoms with Crippen molar-refractivity contribution in [3.8, 4) is 5.75 Å². The number of rotatable bonds is 4. The summed E-state index contributed by atoms with van der Waals surface area (Å²) in [6.07, 6.45) is 5.78. The maximum absolute atomic E-state index is 6.07. The molecule has 1 aliphatic carbocycles. The Balaban J connectivity index is 1.65. The van der Waals surface area contributed by atoms with E-state index in [1.807, 2.05) is 12.1 Å². The molecule has 0 amide bonds. The largest absolute Gasteiger partial charge is 0.493 e. The van der Waals surface area contributed by atoms with Crippen LogP contribution < -0.4 is 10.1 Å². The van der Waals surface area contributed by atoms with Gasteiger partial charge in [0.2, 0.25) is 0 Å². The van der Waals surface area contributed by atoms with Crippen molar-refractivity contribution in [2.75, 3.05) is 11.9 Å². The smallest absolute Gasteiger partial charge is 0.119 e. The van der Waals surface area contributed by atoms with Crippen molar-refractivity contribution >= 4 is 17.3 Å². The molecule has 0 bridgehead atoms. The molecule has 1 N–H and O–H groups in total. The van der Waals surface area contributed by atoms with Crippen LogP contribution in [0.2, 0.25) is 5.02 Å². The van der Waals surface area contributed by atoms with E-state index in [-0.39, 0.29) is 0 Å². The first kappa shape index (κ1) is 16.5. The van der Waals surface area contributed by atoms with Crippen molar-refractivity contribution in [3.05, 3.63) is 70.8 Å². The van der Waals surface area contributed by atoms with Gasteiger partial charge in [0.05, 0.1) is 12.6 Å². The van der Waals surface area contributed by atoms with Crippen LogP contribution in [0.5, 0.6) is 5.75 Å². The number of hydrogen-bond donors (Lipinski definition) is 1. The predicted octanol–water partition coefficient (Wildman–Crippen LogP) is 6.20. The Morgan fingerprint density at radius 1 is 1.16 bits per heavy atom. The summed E-state index contributed by atoms with van der Waals surface area (Å²) in [4.78, 5) is 0. The minimum Gasteiger partial charge on any atom is -0.493 e. The van der Waals surface area contributed by atoms with Crippen LogP contribution in [-0.2, 0) is 0 Å². The highest BCUT2D eigenvalue weighted by atomic mass is 35.5. The Labute approximate surface area is 154 Å². The fourth-order valence-corrected chi connectivity index (χ4v) is 4.05. The summed E-state index contributed by atoms with van der Waals surface area (Å²) in [6, 6.07) is 15.0. The molecule has 3 atom stereocenters. The molecule has 2 aliphatic rings. The van der Waals surface area contributed by atoms with Crippen LogP contribution in [0, 0.1) is 11.8 Å². The predicted molar refractivity (Wildman–Crippen MR) is 105 cm³/mol. The Hall–Kier alpha value is -1.93. The molecule has 0 aromatic heterocycles. The number of fused-ring (bicyclic) bond motifs is 3. The zero-order chi connectivity index (χ0) is 17.4. The lowest BCUT2D eigenvalue weighted by atomic mass is 9.77. The summed E-state index contributed by atoms with van der Waals surface area (Å²) in [5.41, 5.74) is 3.86. The van der Waals surface area contributed by atoms with Gasteiger partial charge in [-0.1, -0.05) is 49.7 Å². The van der Waals surface area contributed by atoms with Crippen molar-refractivity contribution in [2.24, 2.45) is 11.8 Å². The molecular weight excluding hydrogens is 330 g/mol. The van der Waals surface area contributed by atoms with E-state index < -0.39 is 0 Å². The van der Waals surface area contributed by atoms with Crippen molar-refractivity contribution in [1.82, 2.24) is 0 Å². The summed E-state index contributed by atoms with van der Waals surface area (Å²) in [6.45, 7) is 5.10. The van der Waals surface area contributed by atoms with Crippen LogP contribution >= 0.6 is 11.6 Å². The van der Waals surface area contributed by atoms with Gasteiger partial charge in [-0.05, 0) is 59.7 Å². The van der Waals surface area contributed by atoms with Gasteiger partial charge in [0.25, 0.3) is 0 Å². The molecule has 25 heavy (non-hydrogen) atoms. The van der Waals surface area contributed by atoms with Crippen molar-refractivity contribution < 1.29 is 4.74 Å². The third-order valence-electron chi connectivity index (χ3n) is 5.15. The van der Waals surface area contributed by atoms with E-state index >= 15 is 0 Å². The summed E-state index contributed by atoms with van der Waals surface area (Å²) in [5.74, 6) is 2.48. The SMILES string of the molecule is CC(C)COc1ccc2c(c1)C1C=CCC1C(c1ccc(Cl)cc1)N2. The molecule has 130 valence electrons. The summed E-state index contributed by atoms with van der Waals surface area (Å²) >= 11 is 6.07. The standard InChI is InChI=1S/C22H24ClNO/c1-14(2)13-25-17-10-11-21-20(12-17)18-4-3-5-19(18)22(24-21)15-6-8-16(23)9-7-15/h3-4,6-12,14,18-19,22,24H,5,13H2,1-2H3. The van der Waals surface area contributed by atoms with Crippen molar-refractivity contribution in [2.45, 2.75) is 32.2 Å². The Kier molecular flexibility index (Phi) is 4.47. The first-order chi connectivity index (χ1) is 12.1. The summed E-state index contributed by atoms with van der Waals surface area (Å²) in [7, 11) is 0. The van der Waals surface area contributed by atoms with Gasteiger partial charge >= 0.3 is 0 Å². The average molecular weight is 354 g/mol. The number of nitrogens with one attached hydrogen (secondary N) is 1. The molecule has 2 aromatic carbocycles. The second kappa shape index (κ2) is 6.76. The lowest BCUT2D eigenvalue weighted by molar-refractivity contribution is 0.270. The molecule has 3 heteroatoms. The Morgan fingerprint density at radius 2 is 1.96 bits per heavy atom. The number of allylic oxidation sites excluding steroid dienone is 2. The quantitative estimate of drug-likeness (QED) is 0.660.